The first kappa shape index (κ1) is 23.3. The van der Waals surface area contributed by atoms with Gasteiger partial charge in [-0.2, -0.15) is 0 Å². The highest BCUT2D eigenvalue weighted by Gasteiger charge is 2.22. The second-order valence-corrected chi connectivity index (χ2v) is 7.24. The molecule has 2 rings (SSSR count). The van der Waals surface area contributed by atoms with Crippen molar-refractivity contribution in [2.45, 2.75) is 38.8 Å². The fourth-order valence-electron chi connectivity index (χ4n) is 2.78. The third kappa shape index (κ3) is 7.83. The molecule has 8 heteroatoms. The summed E-state index contributed by atoms with van der Waals surface area (Å²) in [6, 6.07) is 12.1. The number of esters is 1. The fourth-order valence-corrected chi connectivity index (χ4v) is 2.91. The van der Waals surface area contributed by atoms with Crippen LogP contribution in [0.3, 0.4) is 0 Å². The van der Waals surface area contributed by atoms with E-state index in [1.54, 1.807) is 36.4 Å². The Morgan fingerprint density at radius 3 is 2.30 bits per heavy atom. The number of carbonyl (C=O) groups excluding carboxylic acids is 3. The molecule has 2 unspecified atom stereocenters. The average molecular weight is 435 g/mol. The number of hydrogen-bond donors (Lipinski definition) is 2. The molecule has 2 atom stereocenters. The molecule has 2 aromatic carbocycles. The molecule has 160 valence electrons. The molecule has 30 heavy (non-hydrogen) atoms. The van der Waals surface area contributed by atoms with Crippen molar-refractivity contribution in [3.05, 3.63) is 70.5 Å². The van der Waals surface area contributed by atoms with Crippen LogP contribution in [0.5, 0.6) is 0 Å². The topological polar surface area (TPSA) is 84.5 Å². The van der Waals surface area contributed by atoms with E-state index in [9.17, 15) is 18.8 Å². The average Bonchev–Trinajstić information content (AvgIpc) is 2.69. The molecular weight excluding hydrogens is 411 g/mol. The molecule has 0 bridgehead atoms. The van der Waals surface area contributed by atoms with Gasteiger partial charge in [-0.1, -0.05) is 35.9 Å². The Morgan fingerprint density at radius 1 is 1.07 bits per heavy atom. The second kappa shape index (κ2) is 11.3. The van der Waals surface area contributed by atoms with Crippen LogP contribution in [0.2, 0.25) is 5.02 Å². The minimum absolute atomic E-state index is 0.131. The predicted molar refractivity (Wildman–Crippen MR) is 111 cm³/mol. The van der Waals surface area contributed by atoms with Crippen molar-refractivity contribution >= 4 is 29.4 Å². The SMILES string of the molecule is CC(=O)NC(CC(=O)OC(C)C(=O)NCCc1ccc(F)cc1)c1ccc(Cl)cc1. The summed E-state index contributed by atoms with van der Waals surface area (Å²) in [6.45, 7) is 3.15. The smallest absolute Gasteiger partial charge is 0.309 e. The minimum atomic E-state index is -0.992. The molecule has 0 heterocycles. The number of halogens is 2. The highest BCUT2D eigenvalue weighted by molar-refractivity contribution is 6.30. The van der Waals surface area contributed by atoms with Crippen molar-refractivity contribution in [3.63, 3.8) is 0 Å². The third-order valence-corrected chi connectivity index (χ3v) is 4.58. The number of ether oxygens (including phenoxy) is 1. The van der Waals surface area contributed by atoms with E-state index in [1.165, 1.54) is 26.0 Å². The number of nitrogens with one attached hydrogen (secondary N) is 2. The molecule has 0 spiro atoms. The maximum atomic E-state index is 12.9. The molecule has 6 nitrogen and oxygen atoms in total. The van der Waals surface area contributed by atoms with E-state index in [1.807, 2.05) is 0 Å². The quantitative estimate of drug-likeness (QED) is 0.593. The van der Waals surface area contributed by atoms with Gasteiger partial charge in [0.2, 0.25) is 5.91 Å². The lowest BCUT2D eigenvalue weighted by Crippen LogP contribution is -2.37. The largest absolute Gasteiger partial charge is 0.452 e. The van der Waals surface area contributed by atoms with E-state index in [0.29, 0.717) is 23.6 Å². The predicted octanol–water partition coefficient (Wildman–Crippen LogP) is 3.34. The van der Waals surface area contributed by atoms with Gasteiger partial charge in [0, 0.05) is 18.5 Å². The molecule has 2 aromatic rings. The summed E-state index contributed by atoms with van der Waals surface area (Å²) >= 11 is 5.88. The van der Waals surface area contributed by atoms with Crippen molar-refractivity contribution in [3.8, 4) is 0 Å². The van der Waals surface area contributed by atoms with Crippen molar-refractivity contribution in [1.82, 2.24) is 10.6 Å². The summed E-state index contributed by atoms with van der Waals surface area (Å²) in [5.74, 6) is -1.67. The number of rotatable bonds is 9. The van der Waals surface area contributed by atoms with Crippen LogP contribution in [0.1, 0.15) is 37.4 Å². The van der Waals surface area contributed by atoms with Crippen LogP contribution in [0.25, 0.3) is 0 Å². The molecule has 0 saturated carbocycles. The van der Waals surface area contributed by atoms with E-state index in [-0.39, 0.29) is 18.1 Å². The molecule has 0 saturated heterocycles. The van der Waals surface area contributed by atoms with Crippen LogP contribution in [-0.2, 0) is 25.5 Å². The normalized spacial score (nSPS) is 12.5. The number of carbonyl (C=O) groups is 3. The molecule has 0 aliphatic carbocycles. The van der Waals surface area contributed by atoms with Gasteiger partial charge in [0.1, 0.15) is 5.82 Å². The zero-order chi connectivity index (χ0) is 22.1. The minimum Gasteiger partial charge on any atom is -0.452 e. The molecule has 0 radical (unpaired) electrons. The van der Waals surface area contributed by atoms with Crippen molar-refractivity contribution in [2.24, 2.45) is 0 Å². The van der Waals surface area contributed by atoms with E-state index in [2.05, 4.69) is 10.6 Å². The van der Waals surface area contributed by atoms with Gasteiger partial charge in [-0.25, -0.2) is 4.39 Å². The van der Waals surface area contributed by atoms with E-state index in [4.69, 9.17) is 16.3 Å². The van der Waals surface area contributed by atoms with Gasteiger partial charge < -0.3 is 15.4 Å². The van der Waals surface area contributed by atoms with Crippen molar-refractivity contribution in [2.75, 3.05) is 6.54 Å². The molecular formula is C22H24ClFN2O4. The Balaban J connectivity index is 1.84. The number of amides is 2. The van der Waals surface area contributed by atoms with Gasteiger partial charge in [-0.05, 0) is 48.7 Å². The third-order valence-electron chi connectivity index (χ3n) is 4.32. The zero-order valence-electron chi connectivity index (χ0n) is 16.8. The molecule has 2 N–H and O–H groups in total. The van der Waals surface area contributed by atoms with Gasteiger partial charge in [0.15, 0.2) is 6.10 Å². The summed E-state index contributed by atoms with van der Waals surface area (Å²) in [7, 11) is 0. The second-order valence-electron chi connectivity index (χ2n) is 6.81. The summed E-state index contributed by atoms with van der Waals surface area (Å²) < 4.78 is 18.1. The van der Waals surface area contributed by atoms with Crippen LogP contribution in [0, 0.1) is 5.82 Å². The molecule has 0 aliphatic heterocycles. The van der Waals surface area contributed by atoms with Crippen molar-refractivity contribution in [1.29, 1.82) is 0 Å². The first-order valence-corrected chi connectivity index (χ1v) is 9.86. The molecule has 0 aromatic heterocycles. The van der Waals surface area contributed by atoms with Crippen LogP contribution in [-0.4, -0.2) is 30.4 Å². The van der Waals surface area contributed by atoms with Gasteiger partial charge in [-0.3, -0.25) is 14.4 Å². The Labute approximate surface area is 179 Å². The highest BCUT2D eigenvalue weighted by Crippen LogP contribution is 2.20. The first-order valence-electron chi connectivity index (χ1n) is 9.49. The molecule has 2 amide bonds. The summed E-state index contributed by atoms with van der Waals surface area (Å²) in [4.78, 5) is 35.9. The van der Waals surface area contributed by atoms with Gasteiger partial charge in [0.25, 0.3) is 5.91 Å². The first-order chi connectivity index (χ1) is 14.2. The Morgan fingerprint density at radius 2 is 1.70 bits per heavy atom. The summed E-state index contributed by atoms with van der Waals surface area (Å²) in [5, 5.41) is 5.91. The lowest BCUT2D eigenvalue weighted by Gasteiger charge is -2.19. The Kier molecular flexibility index (Phi) is 8.80. The van der Waals surface area contributed by atoms with Crippen LogP contribution in [0.15, 0.2) is 48.5 Å². The summed E-state index contributed by atoms with van der Waals surface area (Å²) in [6.07, 6.45) is -0.601. The lowest BCUT2D eigenvalue weighted by atomic mass is 10.0. The van der Waals surface area contributed by atoms with Gasteiger partial charge in [0.05, 0.1) is 12.5 Å². The standard InChI is InChI=1S/C22H24ClFN2O4/c1-14(22(29)25-12-11-16-3-9-19(24)10-4-16)30-21(28)13-20(26-15(2)27)17-5-7-18(23)8-6-17/h3-10,14,20H,11-13H2,1-2H3,(H,25,29)(H,26,27). The molecule has 0 aliphatic rings. The number of hydrogen-bond acceptors (Lipinski definition) is 4. The van der Waals surface area contributed by atoms with Crippen LogP contribution >= 0.6 is 11.6 Å². The van der Waals surface area contributed by atoms with Gasteiger partial charge >= 0.3 is 5.97 Å². The van der Waals surface area contributed by atoms with E-state index in [0.717, 1.165) is 5.56 Å². The van der Waals surface area contributed by atoms with E-state index >= 15 is 0 Å². The van der Waals surface area contributed by atoms with Crippen LogP contribution in [0.4, 0.5) is 4.39 Å². The maximum Gasteiger partial charge on any atom is 0.309 e. The van der Waals surface area contributed by atoms with Crippen molar-refractivity contribution < 1.29 is 23.5 Å². The zero-order valence-corrected chi connectivity index (χ0v) is 17.5. The Hall–Kier alpha value is -2.93. The van der Waals surface area contributed by atoms with E-state index < -0.39 is 24.0 Å². The number of benzene rings is 2. The monoisotopic (exact) mass is 434 g/mol. The van der Waals surface area contributed by atoms with Crippen LogP contribution < -0.4 is 10.6 Å². The van der Waals surface area contributed by atoms with Gasteiger partial charge in [-0.15, -0.1) is 0 Å². The summed E-state index contributed by atoms with van der Waals surface area (Å²) in [5.41, 5.74) is 1.57. The highest BCUT2D eigenvalue weighted by atomic mass is 35.5. The fraction of sp³-hybridized carbons (Fsp3) is 0.318. The Bertz CT molecular complexity index is 872. The molecule has 0 fully saturated rings. The lowest BCUT2D eigenvalue weighted by molar-refractivity contribution is -0.155. The maximum absolute atomic E-state index is 12.9.